The molecule has 0 fully saturated rings. The molecule has 0 saturated carbocycles. The van der Waals surface area contributed by atoms with Gasteiger partial charge in [-0.25, -0.2) is 5.43 Å². The first kappa shape index (κ1) is 16.9. The summed E-state index contributed by atoms with van der Waals surface area (Å²) < 4.78 is 8.03. The molecule has 3 heterocycles. The minimum absolute atomic E-state index is 0.126. The van der Waals surface area contributed by atoms with Gasteiger partial charge in [-0.15, -0.1) is 11.3 Å². The number of carbonyl (C=O) groups is 1. The first-order chi connectivity index (χ1) is 12.4. The Morgan fingerprint density at radius 1 is 1.23 bits per heavy atom. The number of anilines is 1. The van der Waals surface area contributed by atoms with E-state index in [-0.39, 0.29) is 11.5 Å². The maximum absolute atomic E-state index is 12.9. The molecular formula is C17H16N4O3S2. The molecule has 134 valence electrons. The predicted molar refractivity (Wildman–Crippen MR) is 104 cm³/mol. The van der Waals surface area contributed by atoms with Crippen LogP contribution < -0.4 is 29.8 Å². The second-order valence-corrected chi connectivity index (χ2v) is 7.94. The topological polar surface area (TPSA) is 75.9 Å². The Balaban J connectivity index is 1.97. The third kappa shape index (κ3) is 2.38. The van der Waals surface area contributed by atoms with E-state index in [1.165, 1.54) is 15.9 Å². The third-order valence-corrected chi connectivity index (χ3v) is 6.97. The van der Waals surface area contributed by atoms with Gasteiger partial charge < -0.3 is 14.2 Å². The van der Waals surface area contributed by atoms with Crippen LogP contribution in [0.5, 0.6) is 5.75 Å². The normalized spacial score (nSPS) is 20.2. The number of hydrazone groups is 1. The van der Waals surface area contributed by atoms with Gasteiger partial charge >= 0.3 is 0 Å². The largest absolute Gasteiger partial charge is 0.497 e. The summed E-state index contributed by atoms with van der Waals surface area (Å²) in [6.07, 6.45) is 0. The van der Waals surface area contributed by atoms with Gasteiger partial charge in [0.05, 0.1) is 24.1 Å². The molecule has 1 aromatic carbocycles. The van der Waals surface area contributed by atoms with Crippen LogP contribution in [0.2, 0.25) is 0 Å². The standard InChI is InChI=1S/C17H16N4O3S2/c1-8-12(14(22)19-18-8)16-21(3)15(23)13(26-16)17-20(2)10-7-9(24-4)5-6-11(10)25-17/h5-7H,1-4H3,(H,19,22)/b16-12+,17-13-. The van der Waals surface area contributed by atoms with Gasteiger partial charge in [0, 0.05) is 25.1 Å². The highest BCUT2D eigenvalue weighted by molar-refractivity contribution is 8.08. The quantitative estimate of drug-likeness (QED) is 0.766. The Hall–Kier alpha value is -2.52. The Morgan fingerprint density at radius 2 is 2.00 bits per heavy atom. The number of amides is 1. The van der Waals surface area contributed by atoms with Crippen LogP contribution in [0.15, 0.2) is 33.0 Å². The fraction of sp³-hybridized carbons (Fsp3) is 0.235. The minimum atomic E-state index is -0.281. The third-order valence-electron chi connectivity index (χ3n) is 4.36. The summed E-state index contributed by atoms with van der Waals surface area (Å²) in [7, 11) is 5.23. The van der Waals surface area contributed by atoms with Crippen molar-refractivity contribution < 1.29 is 9.53 Å². The summed E-state index contributed by atoms with van der Waals surface area (Å²) in [5.74, 6) is 0.485. The van der Waals surface area contributed by atoms with E-state index in [1.807, 2.05) is 30.1 Å². The Bertz CT molecular complexity index is 1160. The number of aromatic nitrogens is 1. The molecule has 2 aliphatic rings. The number of thiazole rings is 1. The van der Waals surface area contributed by atoms with Crippen molar-refractivity contribution >= 4 is 51.0 Å². The van der Waals surface area contributed by atoms with Gasteiger partial charge in [-0.3, -0.25) is 9.59 Å². The molecule has 1 amide bonds. The zero-order valence-corrected chi connectivity index (χ0v) is 16.2. The van der Waals surface area contributed by atoms with Gasteiger partial charge in [0.2, 0.25) is 0 Å². The number of carbonyl (C=O) groups excluding carboxylic acids is 1. The van der Waals surface area contributed by atoms with Gasteiger partial charge in [0.15, 0.2) is 0 Å². The summed E-state index contributed by atoms with van der Waals surface area (Å²) in [4.78, 5) is 28.0. The smallest absolute Gasteiger partial charge is 0.276 e. The van der Waals surface area contributed by atoms with E-state index >= 15 is 0 Å². The number of nitrogens with zero attached hydrogens (tertiary/aromatic N) is 3. The molecule has 0 aliphatic carbocycles. The maximum Gasteiger partial charge on any atom is 0.276 e. The molecule has 4 rings (SSSR count). The van der Waals surface area contributed by atoms with Crippen LogP contribution in [0.1, 0.15) is 6.92 Å². The van der Waals surface area contributed by atoms with Crippen LogP contribution in [-0.4, -0.2) is 30.3 Å². The van der Waals surface area contributed by atoms with Gasteiger partial charge in [-0.2, -0.15) is 5.10 Å². The fourth-order valence-corrected chi connectivity index (χ4v) is 5.44. The van der Waals surface area contributed by atoms with Crippen molar-refractivity contribution in [2.45, 2.75) is 11.8 Å². The predicted octanol–water partition coefficient (Wildman–Crippen LogP) is 0.420. The van der Waals surface area contributed by atoms with Gasteiger partial charge in [-0.1, -0.05) is 11.8 Å². The number of ether oxygens (including phenoxy) is 1. The van der Waals surface area contributed by atoms with Crippen molar-refractivity contribution in [1.29, 1.82) is 0 Å². The number of hydrogen-bond acceptors (Lipinski definition) is 7. The summed E-state index contributed by atoms with van der Waals surface area (Å²) in [5.41, 5.74) is 4.35. The number of benzene rings is 1. The summed E-state index contributed by atoms with van der Waals surface area (Å²) in [5, 5.41) is 4.80. The summed E-state index contributed by atoms with van der Waals surface area (Å²) >= 11 is 2.85. The molecule has 0 atom stereocenters. The summed E-state index contributed by atoms with van der Waals surface area (Å²) in [6.45, 7) is 1.75. The van der Waals surface area contributed by atoms with E-state index in [2.05, 4.69) is 10.5 Å². The first-order valence-electron chi connectivity index (χ1n) is 7.81. The van der Waals surface area contributed by atoms with Crippen LogP contribution in [0.25, 0.3) is 10.6 Å². The van der Waals surface area contributed by atoms with Crippen molar-refractivity contribution in [2.24, 2.45) is 12.1 Å². The van der Waals surface area contributed by atoms with E-state index in [1.54, 1.807) is 32.8 Å². The zero-order chi connectivity index (χ0) is 18.6. The molecule has 2 aromatic rings. The Labute approximate surface area is 157 Å². The number of fused-ring (bicyclic) bond motifs is 1. The fourth-order valence-electron chi connectivity index (χ4n) is 2.92. The van der Waals surface area contributed by atoms with Crippen molar-refractivity contribution in [3.63, 3.8) is 0 Å². The molecule has 0 unspecified atom stereocenters. The number of hydrogen-bond donors (Lipinski definition) is 1. The molecule has 26 heavy (non-hydrogen) atoms. The molecule has 1 N–H and O–H groups in total. The number of nitrogens with one attached hydrogen (secondary N) is 1. The van der Waals surface area contributed by atoms with Crippen molar-refractivity contribution in [2.75, 3.05) is 19.1 Å². The highest BCUT2D eigenvalue weighted by Gasteiger charge is 2.27. The van der Waals surface area contributed by atoms with Crippen molar-refractivity contribution in [3.05, 3.63) is 37.7 Å². The van der Waals surface area contributed by atoms with Crippen LogP contribution >= 0.6 is 23.1 Å². The average Bonchev–Trinajstić information content (AvgIpc) is 3.23. The van der Waals surface area contributed by atoms with Crippen LogP contribution in [-0.2, 0) is 11.8 Å². The highest BCUT2D eigenvalue weighted by atomic mass is 32.2. The lowest BCUT2D eigenvalue weighted by atomic mass is 10.2. The summed E-state index contributed by atoms with van der Waals surface area (Å²) in [6, 6.07) is 5.83. The Kier molecular flexibility index (Phi) is 3.92. The van der Waals surface area contributed by atoms with Crippen LogP contribution in [0.4, 0.5) is 5.69 Å². The van der Waals surface area contributed by atoms with E-state index in [0.717, 1.165) is 21.4 Å². The molecule has 7 nitrogen and oxygen atoms in total. The van der Waals surface area contributed by atoms with E-state index < -0.39 is 0 Å². The molecule has 0 bridgehead atoms. The lowest BCUT2D eigenvalue weighted by molar-refractivity contribution is -0.115. The van der Waals surface area contributed by atoms with E-state index in [0.29, 0.717) is 20.5 Å². The number of rotatable bonds is 1. The SMILES string of the molecule is COc1ccc2c(c1)N(C)/C(=c1/s/c(=C3/C(=O)NN=C3C)n(C)c1=O)S2. The lowest BCUT2D eigenvalue weighted by Crippen LogP contribution is -2.33. The van der Waals surface area contributed by atoms with Crippen LogP contribution in [0.3, 0.4) is 0 Å². The molecule has 0 saturated heterocycles. The van der Waals surface area contributed by atoms with E-state index in [4.69, 9.17) is 4.74 Å². The molecule has 1 aromatic heterocycles. The monoisotopic (exact) mass is 388 g/mol. The second kappa shape index (κ2) is 6.03. The zero-order valence-electron chi connectivity index (χ0n) is 14.6. The highest BCUT2D eigenvalue weighted by Crippen LogP contribution is 2.46. The van der Waals surface area contributed by atoms with Crippen LogP contribution in [0, 0.1) is 0 Å². The molecule has 9 heteroatoms. The molecular weight excluding hydrogens is 372 g/mol. The van der Waals surface area contributed by atoms with Gasteiger partial charge in [0.1, 0.15) is 20.0 Å². The van der Waals surface area contributed by atoms with Crippen molar-refractivity contribution in [1.82, 2.24) is 9.99 Å². The molecule has 0 spiro atoms. The molecule has 2 aliphatic heterocycles. The second-order valence-electron chi connectivity index (χ2n) is 5.91. The first-order valence-corrected chi connectivity index (χ1v) is 9.44. The Morgan fingerprint density at radius 3 is 2.65 bits per heavy atom. The maximum atomic E-state index is 12.9. The van der Waals surface area contributed by atoms with E-state index in [9.17, 15) is 9.59 Å². The van der Waals surface area contributed by atoms with Crippen molar-refractivity contribution in [3.8, 4) is 5.75 Å². The van der Waals surface area contributed by atoms with Gasteiger partial charge in [-0.05, 0) is 19.1 Å². The minimum Gasteiger partial charge on any atom is -0.497 e. The lowest BCUT2D eigenvalue weighted by Gasteiger charge is -2.13. The number of thioether (sulfide) groups is 1. The number of methoxy groups -OCH3 is 1. The molecule has 0 radical (unpaired) electrons. The van der Waals surface area contributed by atoms with Gasteiger partial charge in [0.25, 0.3) is 11.5 Å². The average molecular weight is 388 g/mol.